The van der Waals surface area contributed by atoms with Gasteiger partial charge in [-0.3, -0.25) is 0 Å². The molecule has 1 saturated heterocycles. The number of hydrogen-bond donors (Lipinski definition) is 0. The van der Waals surface area contributed by atoms with Gasteiger partial charge in [-0.15, -0.1) is 17.8 Å². The lowest BCUT2D eigenvalue weighted by Gasteiger charge is -2.31. The first-order valence-corrected chi connectivity index (χ1v) is 7.00. The van der Waals surface area contributed by atoms with Gasteiger partial charge in [-0.05, 0) is 37.8 Å². The van der Waals surface area contributed by atoms with Gasteiger partial charge < -0.3 is 4.90 Å². The van der Waals surface area contributed by atoms with Crippen molar-refractivity contribution < 1.29 is 0 Å². The summed E-state index contributed by atoms with van der Waals surface area (Å²) in [5.74, 6) is 4.72. The molecule has 1 fully saturated rings. The zero-order valence-electron chi connectivity index (χ0n) is 10.6. The average Bonchev–Trinajstić information content (AvgIpc) is 2.78. The van der Waals surface area contributed by atoms with Crippen molar-refractivity contribution in [3.8, 4) is 12.3 Å². The average molecular weight is 247 g/mol. The summed E-state index contributed by atoms with van der Waals surface area (Å²) in [4.78, 5) is 7.03. The summed E-state index contributed by atoms with van der Waals surface area (Å²) < 4.78 is 0. The van der Waals surface area contributed by atoms with Gasteiger partial charge in [0.25, 0.3) is 0 Å². The van der Waals surface area contributed by atoms with Crippen LogP contribution in [0.15, 0.2) is 5.38 Å². The molecule has 1 aromatic heterocycles. The highest BCUT2D eigenvalue weighted by molar-refractivity contribution is 7.09. The van der Waals surface area contributed by atoms with Crippen molar-refractivity contribution >= 4 is 11.3 Å². The van der Waals surface area contributed by atoms with E-state index in [-0.39, 0.29) is 0 Å². The minimum absolute atomic E-state index is 0.621. The van der Waals surface area contributed by atoms with E-state index in [1.165, 1.54) is 36.9 Å². The second-order valence-electron chi connectivity index (χ2n) is 4.97. The van der Waals surface area contributed by atoms with E-state index in [0.29, 0.717) is 5.92 Å². The van der Waals surface area contributed by atoms with Gasteiger partial charge in [0.05, 0.1) is 5.01 Å². The molecular formula is C14H19N2S. The maximum absolute atomic E-state index is 5.35. The van der Waals surface area contributed by atoms with Crippen LogP contribution in [0.3, 0.4) is 0 Å². The lowest BCUT2D eigenvalue weighted by molar-refractivity contribution is 0.220. The summed E-state index contributed by atoms with van der Waals surface area (Å²) in [6.07, 6.45) is 7.78. The van der Waals surface area contributed by atoms with Crippen molar-refractivity contribution in [3.05, 3.63) is 22.0 Å². The van der Waals surface area contributed by atoms with Crippen LogP contribution in [0, 0.1) is 18.3 Å². The lowest BCUT2D eigenvalue weighted by Crippen LogP contribution is -2.35. The highest BCUT2D eigenvalue weighted by Gasteiger charge is 2.23. The molecule has 0 bridgehead atoms. The molecule has 17 heavy (non-hydrogen) atoms. The minimum Gasteiger partial charge on any atom is -0.303 e. The molecule has 0 aliphatic carbocycles. The first-order chi connectivity index (χ1) is 8.19. The van der Waals surface area contributed by atoms with E-state index in [0.717, 1.165) is 12.2 Å². The second kappa shape index (κ2) is 5.66. The summed E-state index contributed by atoms with van der Waals surface area (Å²) in [6.45, 7) is 7.90. The Morgan fingerprint density at radius 3 is 2.76 bits per heavy atom. The van der Waals surface area contributed by atoms with Crippen molar-refractivity contribution in [2.45, 2.75) is 32.6 Å². The molecule has 1 aliphatic rings. The van der Waals surface area contributed by atoms with Crippen molar-refractivity contribution in [1.29, 1.82) is 0 Å². The standard InChI is InChI=1S/C14H19N2S/c1-4-13-10-17-14(15-13)12-5-7-16(8-6-12)9-11(2)3/h1,10,12H,5-9H2,2-3H3. The van der Waals surface area contributed by atoms with Crippen molar-refractivity contribution in [3.63, 3.8) is 0 Å². The molecule has 2 heterocycles. The Labute approximate surface area is 108 Å². The van der Waals surface area contributed by atoms with Gasteiger partial charge >= 0.3 is 0 Å². The molecule has 0 atom stereocenters. The van der Waals surface area contributed by atoms with E-state index in [1.54, 1.807) is 11.3 Å². The van der Waals surface area contributed by atoms with E-state index < -0.39 is 0 Å². The van der Waals surface area contributed by atoms with Gasteiger partial charge in [0.2, 0.25) is 0 Å². The van der Waals surface area contributed by atoms with E-state index in [4.69, 9.17) is 6.42 Å². The predicted octanol–water partition coefficient (Wildman–Crippen LogP) is 2.92. The SMILES string of the molecule is C#Cc1csc(C2CCN(C[C](C)C)CC2)n1. The van der Waals surface area contributed by atoms with Gasteiger partial charge in [-0.1, -0.05) is 13.8 Å². The number of piperidine rings is 1. The Balaban J connectivity index is 1.88. The number of nitrogens with zero attached hydrogens (tertiary/aromatic N) is 2. The van der Waals surface area contributed by atoms with Gasteiger partial charge in [0.1, 0.15) is 5.69 Å². The largest absolute Gasteiger partial charge is 0.303 e. The molecule has 0 unspecified atom stereocenters. The molecule has 1 radical (unpaired) electrons. The van der Waals surface area contributed by atoms with Crippen LogP contribution in [0.1, 0.15) is 43.3 Å². The number of likely N-dealkylation sites (tertiary alicyclic amines) is 1. The molecule has 2 rings (SSSR count). The van der Waals surface area contributed by atoms with Crippen LogP contribution >= 0.6 is 11.3 Å². The molecule has 0 N–H and O–H groups in total. The summed E-state index contributed by atoms with van der Waals surface area (Å²) >= 11 is 1.72. The van der Waals surface area contributed by atoms with Crippen molar-refractivity contribution in [1.82, 2.24) is 9.88 Å². The minimum atomic E-state index is 0.621. The third-order valence-electron chi connectivity index (χ3n) is 3.15. The van der Waals surface area contributed by atoms with E-state index >= 15 is 0 Å². The molecule has 1 aromatic rings. The molecule has 3 heteroatoms. The van der Waals surface area contributed by atoms with Gasteiger partial charge in [0, 0.05) is 17.8 Å². The first-order valence-electron chi connectivity index (χ1n) is 6.12. The summed E-state index contributed by atoms with van der Waals surface area (Å²) in [5, 5.41) is 3.22. The number of terminal acetylenes is 1. The van der Waals surface area contributed by atoms with Crippen molar-refractivity contribution in [2.24, 2.45) is 0 Å². The molecule has 0 saturated carbocycles. The number of hydrogen-bond acceptors (Lipinski definition) is 3. The monoisotopic (exact) mass is 247 g/mol. The maximum Gasteiger partial charge on any atom is 0.124 e. The molecule has 0 spiro atoms. The van der Waals surface area contributed by atoms with Crippen LogP contribution in [0.5, 0.6) is 0 Å². The molecule has 1 aliphatic heterocycles. The van der Waals surface area contributed by atoms with Crippen LogP contribution in [0.2, 0.25) is 0 Å². The lowest BCUT2D eigenvalue weighted by atomic mass is 9.97. The maximum atomic E-state index is 5.35. The number of rotatable bonds is 3. The van der Waals surface area contributed by atoms with Crippen LogP contribution < -0.4 is 0 Å². The highest BCUT2D eigenvalue weighted by atomic mass is 32.1. The zero-order valence-corrected chi connectivity index (χ0v) is 11.4. The molecule has 0 aromatic carbocycles. The summed E-state index contributed by atoms with van der Waals surface area (Å²) in [6, 6.07) is 0. The van der Waals surface area contributed by atoms with Crippen LogP contribution in [0.25, 0.3) is 0 Å². The number of aromatic nitrogens is 1. The topological polar surface area (TPSA) is 16.1 Å². The fraction of sp³-hybridized carbons (Fsp3) is 0.571. The predicted molar refractivity (Wildman–Crippen MR) is 73.1 cm³/mol. The fourth-order valence-corrected chi connectivity index (χ4v) is 3.26. The van der Waals surface area contributed by atoms with Crippen LogP contribution in [-0.2, 0) is 0 Å². The van der Waals surface area contributed by atoms with E-state index in [2.05, 4.69) is 29.7 Å². The quantitative estimate of drug-likeness (QED) is 0.764. The Bertz CT molecular complexity index is 395. The third-order valence-corrected chi connectivity index (χ3v) is 4.15. The zero-order chi connectivity index (χ0) is 12.3. The van der Waals surface area contributed by atoms with Crippen LogP contribution in [0.4, 0.5) is 0 Å². The highest BCUT2D eigenvalue weighted by Crippen LogP contribution is 2.30. The molecular weight excluding hydrogens is 228 g/mol. The van der Waals surface area contributed by atoms with E-state index in [1.807, 2.05) is 5.38 Å². The fourth-order valence-electron chi connectivity index (χ4n) is 2.33. The summed E-state index contributed by atoms with van der Waals surface area (Å²) in [5.41, 5.74) is 0.796. The molecule has 91 valence electrons. The molecule has 2 nitrogen and oxygen atoms in total. The Kier molecular flexibility index (Phi) is 4.20. The normalized spacial score (nSPS) is 18.5. The smallest absolute Gasteiger partial charge is 0.124 e. The van der Waals surface area contributed by atoms with Gasteiger partial charge in [-0.25, -0.2) is 4.98 Å². The molecule has 0 amide bonds. The number of thiazole rings is 1. The second-order valence-corrected chi connectivity index (χ2v) is 5.86. The van der Waals surface area contributed by atoms with Crippen LogP contribution in [-0.4, -0.2) is 29.5 Å². The van der Waals surface area contributed by atoms with Crippen molar-refractivity contribution in [2.75, 3.05) is 19.6 Å². The summed E-state index contributed by atoms with van der Waals surface area (Å²) in [7, 11) is 0. The Hall–Kier alpha value is -0.850. The Morgan fingerprint density at radius 2 is 2.24 bits per heavy atom. The van der Waals surface area contributed by atoms with Gasteiger partial charge in [0.15, 0.2) is 0 Å². The third kappa shape index (κ3) is 3.31. The van der Waals surface area contributed by atoms with Gasteiger partial charge in [-0.2, -0.15) is 0 Å². The van der Waals surface area contributed by atoms with E-state index in [9.17, 15) is 0 Å². The first kappa shape index (κ1) is 12.6. The Morgan fingerprint density at radius 1 is 1.53 bits per heavy atom.